The van der Waals surface area contributed by atoms with Gasteiger partial charge in [0, 0.05) is 12.6 Å². The Kier molecular flexibility index (Phi) is 4.47. The highest BCUT2D eigenvalue weighted by Crippen LogP contribution is 2.34. The van der Waals surface area contributed by atoms with E-state index in [0.29, 0.717) is 12.1 Å². The number of nitriles is 1. The molecule has 0 spiro atoms. The molecule has 0 aromatic heterocycles. The molecule has 0 radical (unpaired) electrons. The Hall–Kier alpha value is -2.55. The molecule has 118 valence electrons. The molecule has 0 bridgehead atoms. The molecule has 0 amide bonds. The van der Waals surface area contributed by atoms with Gasteiger partial charge in [-0.3, -0.25) is 0 Å². The third-order valence-electron chi connectivity index (χ3n) is 3.94. The molecule has 2 unspecified atom stereocenters. The van der Waals surface area contributed by atoms with Crippen molar-refractivity contribution in [3.63, 3.8) is 0 Å². The highest BCUT2D eigenvalue weighted by Gasteiger charge is 2.16. The van der Waals surface area contributed by atoms with E-state index in [1.807, 2.05) is 25.1 Å². The Balaban J connectivity index is 1.59. The van der Waals surface area contributed by atoms with Crippen LogP contribution in [0.5, 0.6) is 11.5 Å². The number of hydrogen-bond acceptors (Lipinski definition) is 5. The van der Waals surface area contributed by atoms with Gasteiger partial charge in [0.15, 0.2) is 11.5 Å². The van der Waals surface area contributed by atoms with Gasteiger partial charge < -0.3 is 19.9 Å². The van der Waals surface area contributed by atoms with Crippen molar-refractivity contribution in [3.05, 3.63) is 59.2 Å². The molecule has 0 fully saturated rings. The maximum Gasteiger partial charge on any atom is 0.231 e. The summed E-state index contributed by atoms with van der Waals surface area (Å²) in [5.74, 6) is 1.52. The smallest absolute Gasteiger partial charge is 0.231 e. The van der Waals surface area contributed by atoms with Crippen LogP contribution in [0.3, 0.4) is 0 Å². The molecule has 0 aliphatic carbocycles. The van der Waals surface area contributed by atoms with Crippen molar-refractivity contribution in [3.8, 4) is 17.6 Å². The summed E-state index contributed by atoms with van der Waals surface area (Å²) < 4.78 is 10.7. The van der Waals surface area contributed by atoms with E-state index < -0.39 is 6.10 Å². The second-order valence-electron chi connectivity index (χ2n) is 5.49. The molecule has 2 N–H and O–H groups in total. The monoisotopic (exact) mass is 310 g/mol. The van der Waals surface area contributed by atoms with E-state index in [1.165, 1.54) is 0 Å². The summed E-state index contributed by atoms with van der Waals surface area (Å²) in [4.78, 5) is 0. The Labute approximate surface area is 135 Å². The number of aliphatic hydroxyl groups is 1. The normalized spacial score (nSPS) is 15.0. The van der Waals surface area contributed by atoms with Crippen molar-refractivity contribution in [1.82, 2.24) is 5.32 Å². The third kappa shape index (κ3) is 3.45. The molecule has 23 heavy (non-hydrogen) atoms. The van der Waals surface area contributed by atoms with E-state index in [1.54, 1.807) is 24.3 Å². The van der Waals surface area contributed by atoms with Crippen molar-refractivity contribution in [2.75, 3.05) is 13.3 Å². The standard InChI is InChI=1S/C18H18N2O3/c1-12(15-6-7-17-18(8-15)23-11-22-17)20-10-16(21)14-4-2-13(9-19)3-5-14/h2-8,12,16,20-21H,10-11H2,1H3. The first kappa shape index (κ1) is 15.3. The number of nitrogens with zero attached hydrogens (tertiary/aromatic N) is 1. The molecule has 2 aromatic carbocycles. The first-order valence-corrected chi connectivity index (χ1v) is 7.48. The summed E-state index contributed by atoms with van der Waals surface area (Å²) in [5, 5.41) is 22.3. The average molecular weight is 310 g/mol. The van der Waals surface area contributed by atoms with Gasteiger partial charge in [-0.25, -0.2) is 0 Å². The molecule has 2 atom stereocenters. The van der Waals surface area contributed by atoms with E-state index in [9.17, 15) is 5.11 Å². The summed E-state index contributed by atoms with van der Waals surface area (Å²) in [6.07, 6.45) is -0.626. The van der Waals surface area contributed by atoms with Gasteiger partial charge in [0.1, 0.15) is 0 Å². The molecule has 0 saturated carbocycles. The van der Waals surface area contributed by atoms with Gasteiger partial charge in [0.05, 0.1) is 17.7 Å². The van der Waals surface area contributed by atoms with Gasteiger partial charge in [0.25, 0.3) is 0 Å². The second-order valence-corrected chi connectivity index (χ2v) is 5.49. The minimum Gasteiger partial charge on any atom is -0.454 e. The first-order chi connectivity index (χ1) is 11.2. The van der Waals surface area contributed by atoms with Crippen LogP contribution in [0, 0.1) is 11.3 Å². The second kappa shape index (κ2) is 6.69. The van der Waals surface area contributed by atoms with Crippen LogP contribution in [-0.2, 0) is 0 Å². The maximum absolute atomic E-state index is 10.2. The summed E-state index contributed by atoms with van der Waals surface area (Å²) >= 11 is 0. The molecular weight excluding hydrogens is 292 g/mol. The Morgan fingerprint density at radius 3 is 2.57 bits per heavy atom. The number of hydrogen-bond donors (Lipinski definition) is 2. The SMILES string of the molecule is CC(NCC(O)c1ccc(C#N)cc1)c1ccc2c(c1)OCO2. The predicted molar refractivity (Wildman–Crippen MR) is 85.1 cm³/mol. The zero-order valence-electron chi connectivity index (χ0n) is 12.8. The minimum atomic E-state index is -0.626. The van der Waals surface area contributed by atoms with E-state index >= 15 is 0 Å². The van der Waals surface area contributed by atoms with Crippen LogP contribution in [0.25, 0.3) is 0 Å². The minimum absolute atomic E-state index is 0.0672. The van der Waals surface area contributed by atoms with E-state index in [0.717, 1.165) is 22.6 Å². The highest BCUT2D eigenvalue weighted by atomic mass is 16.7. The number of ether oxygens (including phenoxy) is 2. The lowest BCUT2D eigenvalue weighted by molar-refractivity contribution is 0.170. The van der Waals surface area contributed by atoms with Crippen molar-refractivity contribution < 1.29 is 14.6 Å². The molecule has 5 heteroatoms. The van der Waals surface area contributed by atoms with E-state index in [4.69, 9.17) is 14.7 Å². The lowest BCUT2D eigenvalue weighted by Gasteiger charge is -2.18. The van der Waals surface area contributed by atoms with E-state index in [-0.39, 0.29) is 12.8 Å². The quantitative estimate of drug-likeness (QED) is 0.888. The Morgan fingerprint density at radius 1 is 1.13 bits per heavy atom. The summed E-state index contributed by atoms with van der Waals surface area (Å²) in [7, 11) is 0. The summed E-state index contributed by atoms with van der Waals surface area (Å²) in [6, 6.07) is 14.9. The van der Waals surface area contributed by atoms with Gasteiger partial charge in [-0.1, -0.05) is 18.2 Å². The van der Waals surface area contributed by atoms with Gasteiger partial charge >= 0.3 is 0 Å². The number of rotatable bonds is 5. The van der Waals surface area contributed by atoms with Crippen LogP contribution in [0.1, 0.15) is 35.8 Å². The van der Waals surface area contributed by atoms with Crippen molar-refractivity contribution in [1.29, 1.82) is 5.26 Å². The molecule has 1 aliphatic heterocycles. The summed E-state index contributed by atoms with van der Waals surface area (Å²) in [6.45, 7) is 2.71. The number of aliphatic hydroxyl groups excluding tert-OH is 1. The molecule has 0 saturated heterocycles. The number of benzene rings is 2. The van der Waals surface area contributed by atoms with Crippen molar-refractivity contribution in [2.24, 2.45) is 0 Å². The zero-order chi connectivity index (χ0) is 16.2. The molecule has 1 heterocycles. The van der Waals surface area contributed by atoms with Crippen LogP contribution in [0.15, 0.2) is 42.5 Å². The molecule has 3 rings (SSSR count). The average Bonchev–Trinajstić information content (AvgIpc) is 3.07. The Morgan fingerprint density at radius 2 is 1.83 bits per heavy atom. The topological polar surface area (TPSA) is 74.5 Å². The maximum atomic E-state index is 10.2. The molecule has 1 aliphatic rings. The van der Waals surface area contributed by atoms with Crippen molar-refractivity contribution >= 4 is 0 Å². The fourth-order valence-corrected chi connectivity index (χ4v) is 2.49. The molecular formula is C18H18N2O3. The lowest BCUT2D eigenvalue weighted by Crippen LogP contribution is -2.24. The van der Waals surface area contributed by atoms with E-state index in [2.05, 4.69) is 11.4 Å². The highest BCUT2D eigenvalue weighted by molar-refractivity contribution is 5.45. The van der Waals surface area contributed by atoms with Crippen LogP contribution >= 0.6 is 0 Å². The van der Waals surface area contributed by atoms with Crippen molar-refractivity contribution in [2.45, 2.75) is 19.1 Å². The lowest BCUT2D eigenvalue weighted by atomic mass is 10.1. The van der Waals surface area contributed by atoms with Gasteiger partial charge in [-0.15, -0.1) is 0 Å². The van der Waals surface area contributed by atoms with Crippen LogP contribution < -0.4 is 14.8 Å². The van der Waals surface area contributed by atoms with Crippen LogP contribution in [0.4, 0.5) is 0 Å². The van der Waals surface area contributed by atoms with Crippen LogP contribution in [-0.4, -0.2) is 18.4 Å². The molecule has 5 nitrogen and oxygen atoms in total. The fourth-order valence-electron chi connectivity index (χ4n) is 2.49. The molecule has 2 aromatic rings. The van der Waals surface area contributed by atoms with Crippen LogP contribution in [0.2, 0.25) is 0 Å². The largest absolute Gasteiger partial charge is 0.454 e. The Bertz CT molecular complexity index is 722. The fraction of sp³-hybridized carbons (Fsp3) is 0.278. The first-order valence-electron chi connectivity index (χ1n) is 7.48. The summed E-state index contributed by atoms with van der Waals surface area (Å²) in [5.41, 5.74) is 2.44. The number of fused-ring (bicyclic) bond motifs is 1. The zero-order valence-corrected chi connectivity index (χ0v) is 12.8. The predicted octanol–water partition coefficient (Wildman–Crippen LogP) is 2.67. The van der Waals surface area contributed by atoms with Gasteiger partial charge in [-0.05, 0) is 42.3 Å². The third-order valence-corrected chi connectivity index (χ3v) is 3.94. The van der Waals surface area contributed by atoms with Gasteiger partial charge in [0.2, 0.25) is 6.79 Å². The number of nitrogens with one attached hydrogen (secondary N) is 1. The van der Waals surface area contributed by atoms with Gasteiger partial charge in [-0.2, -0.15) is 5.26 Å².